The molecule has 1 rings (SSSR count). The zero-order valence-electron chi connectivity index (χ0n) is 12.2. The minimum Gasteiger partial charge on any atom is -0.351 e. The molecular formula is C16H24N2OS. The van der Waals surface area contributed by atoms with Crippen molar-refractivity contribution in [1.82, 2.24) is 5.32 Å². The van der Waals surface area contributed by atoms with Crippen molar-refractivity contribution in [2.24, 2.45) is 5.73 Å². The molecule has 0 aliphatic heterocycles. The molecule has 1 aromatic heterocycles. The van der Waals surface area contributed by atoms with Crippen molar-refractivity contribution in [3.05, 3.63) is 21.9 Å². The van der Waals surface area contributed by atoms with Crippen LogP contribution in [0.2, 0.25) is 0 Å². The molecule has 0 radical (unpaired) electrons. The third-order valence-corrected chi connectivity index (χ3v) is 3.94. The first kappa shape index (κ1) is 16.7. The van der Waals surface area contributed by atoms with E-state index in [0.717, 1.165) is 22.6 Å². The molecule has 1 aromatic rings. The lowest BCUT2D eigenvalue weighted by molar-refractivity contribution is -0.121. The summed E-state index contributed by atoms with van der Waals surface area (Å²) in [6.45, 7) is 3.17. The molecule has 20 heavy (non-hydrogen) atoms. The minimum absolute atomic E-state index is 0.143. The summed E-state index contributed by atoms with van der Waals surface area (Å²) in [4.78, 5) is 13.8. The quantitative estimate of drug-likeness (QED) is 0.571. The molecule has 3 N–H and O–H groups in total. The van der Waals surface area contributed by atoms with Crippen molar-refractivity contribution in [3.63, 3.8) is 0 Å². The number of carbonyl (C=O) groups is 1. The van der Waals surface area contributed by atoms with Crippen LogP contribution in [0.25, 0.3) is 0 Å². The fraction of sp³-hybridized carbons (Fsp3) is 0.562. The summed E-state index contributed by atoms with van der Waals surface area (Å²) in [7, 11) is 0. The van der Waals surface area contributed by atoms with Gasteiger partial charge in [0.15, 0.2) is 0 Å². The van der Waals surface area contributed by atoms with Crippen LogP contribution in [0.3, 0.4) is 0 Å². The molecule has 0 saturated heterocycles. The molecule has 1 amide bonds. The highest BCUT2D eigenvalue weighted by Crippen LogP contribution is 2.15. The Bertz CT molecular complexity index is 457. The second kappa shape index (κ2) is 10.5. The molecule has 0 bridgehead atoms. The number of hydrogen-bond acceptors (Lipinski definition) is 3. The topological polar surface area (TPSA) is 55.1 Å². The van der Waals surface area contributed by atoms with Crippen molar-refractivity contribution in [3.8, 4) is 11.8 Å². The van der Waals surface area contributed by atoms with Gasteiger partial charge in [-0.2, -0.15) is 0 Å². The predicted octanol–water partition coefficient (Wildman–Crippen LogP) is 3.04. The first-order valence-electron chi connectivity index (χ1n) is 7.30. The molecule has 0 unspecified atom stereocenters. The van der Waals surface area contributed by atoms with E-state index in [4.69, 9.17) is 5.73 Å². The zero-order valence-corrected chi connectivity index (χ0v) is 13.0. The van der Waals surface area contributed by atoms with Gasteiger partial charge < -0.3 is 11.1 Å². The summed E-state index contributed by atoms with van der Waals surface area (Å²) in [6, 6.07) is 3.98. The van der Waals surface area contributed by atoms with Gasteiger partial charge in [0.2, 0.25) is 5.91 Å². The molecule has 0 aliphatic rings. The Morgan fingerprint density at radius 2 is 2.10 bits per heavy atom. The Hall–Kier alpha value is -1.31. The number of thiophene rings is 1. The number of amides is 1. The number of carbonyl (C=O) groups excluding carboxylic acids is 1. The van der Waals surface area contributed by atoms with Gasteiger partial charge in [0.05, 0.1) is 18.0 Å². The van der Waals surface area contributed by atoms with Crippen molar-refractivity contribution in [2.45, 2.75) is 52.0 Å². The number of unbranched alkanes of at least 4 members (excludes halogenated alkanes) is 4. The normalized spacial score (nSPS) is 9.90. The largest absolute Gasteiger partial charge is 0.351 e. The Balaban J connectivity index is 2.18. The summed E-state index contributed by atoms with van der Waals surface area (Å²) >= 11 is 1.61. The molecule has 0 aliphatic carbocycles. The highest BCUT2D eigenvalue weighted by atomic mass is 32.1. The second-order valence-corrected chi connectivity index (χ2v) is 5.88. The summed E-state index contributed by atoms with van der Waals surface area (Å²) in [5.41, 5.74) is 5.33. The van der Waals surface area contributed by atoms with Crippen LogP contribution in [-0.2, 0) is 11.3 Å². The first-order chi connectivity index (χ1) is 9.76. The molecule has 3 nitrogen and oxygen atoms in total. The molecule has 110 valence electrons. The number of rotatable bonds is 8. The zero-order chi connectivity index (χ0) is 14.6. The number of hydrogen-bond donors (Lipinski definition) is 2. The summed E-state index contributed by atoms with van der Waals surface area (Å²) in [6.07, 6.45) is 6.51. The van der Waals surface area contributed by atoms with Crippen LogP contribution in [0.5, 0.6) is 0 Å². The van der Waals surface area contributed by atoms with E-state index in [9.17, 15) is 4.79 Å². The van der Waals surface area contributed by atoms with Gasteiger partial charge in [-0.05, 0) is 18.6 Å². The maximum absolute atomic E-state index is 11.7. The third-order valence-electron chi connectivity index (χ3n) is 2.94. The fourth-order valence-electron chi connectivity index (χ4n) is 1.84. The first-order valence-corrected chi connectivity index (χ1v) is 8.12. The molecule has 0 saturated carbocycles. The number of nitrogens with one attached hydrogen (secondary N) is 1. The van der Waals surface area contributed by atoms with Gasteiger partial charge in [0.25, 0.3) is 0 Å². The highest BCUT2D eigenvalue weighted by molar-refractivity contribution is 7.12. The summed E-state index contributed by atoms with van der Waals surface area (Å²) in [5.74, 6) is 5.97. The molecule has 0 spiro atoms. The fourth-order valence-corrected chi connectivity index (χ4v) is 2.66. The molecule has 1 heterocycles. The van der Waals surface area contributed by atoms with Crippen LogP contribution in [0, 0.1) is 11.8 Å². The van der Waals surface area contributed by atoms with Crippen molar-refractivity contribution in [1.29, 1.82) is 0 Å². The van der Waals surface area contributed by atoms with Crippen LogP contribution in [-0.4, -0.2) is 12.5 Å². The van der Waals surface area contributed by atoms with E-state index in [2.05, 4.69) is 24.1 Å². The summed E-state index contributed by atoms with van der Waals surface area (Å²) in [5, 5.41) is 2.96. The molecule has 0 aromatic carbocycles. The van der Waals surface area contributed by atoms with E-state index in [1.54, 1.807) is 11.3 Å². The average molecular weight is 292 g/mol. The van der Waals surface area contributed by atoms with Gasteiger partial charge in [-0.1, -0.05) is 44.4 Å². The SMILES string of the molecule is CCCCCCCC(=O)NCc1ccc(C#CCN)s1. The Kier molecular flexibility index (Phi) is 8.77. The van der Waals surface area contributed by atoms with E-state index < -0.39 is 0 Å². The van der Waals surface area contributed by atoms with Gasteiger partial charge >= 0.3 is 0 Å². The van der Waals surface area contributed by atoms with Gasteiger partial charge in [0.1, 0.15) is 0 Å². The monoisotopic (exact) mass is 292 g/mol. The van der Waals surface area contributed by atoms with Crippen LogP contribution < -0.4 is 11.1 Å². The van der Waals surface area contributed by atoms with Crippen molar-refractivity contribution >= 4 is 17.2 Å². The highest BCUT2D eigenvalue weighted by Gasteiger charge is 2.03. The van der Waals surface area contributed by atoms with E-state index in [1.807, 2.05) is 12.1 Å². The third kappa shape index (κ3) is 7.32. The Morgan fingerprint density at radius 1 is 1.30 bits per heavy atom. The van der Waals surface area contributed by atoms with E-state index >= 15 is 0 Å². The van der Waals surface area contributed by atoms with Gasteiger partial charge in [-0.25, -0.2) is 0 Å². The average Bonchev–Trinajstić information content (AvgIpc) is 2.90. The molecular weight excluding hydrogens is 268 g/mol. The lowest BCUT2D eigenvalue weighted by Crippen LogP contribution is -2.21. The smallest absolute Gasteiger partial charge is 0.220 e. The molecule has 4 heteroatoms. The predicted molar refractivity (Wildman–Crippen MR) is 85.5 cm³/mol. The maximum Gasteiger partial charge on any atom is 0.220 e. The second-order valence-electron chi connectivity index (χ2n) is 4.71. The standard InChI is InChI=1S/C16H24N2OS/c1-2-3-4-5-6-9-16(19)18-13-15-11-10-14(20-15)8-7-12-17/h10-11H,2-6,9,12-13,17H2,1H3,(H,18,19). The van der Waals surface area contributed by atoms with Crippen LogP contribution in [0.1, 0.15) is 55.2 Å². The number of nitrogens with two attached hydrogens (primary N) is 1. The molecule has 0 fully saturated rings. The lowest BCUT2D eigenvalue weighted by Gasteiger charge is -2.03. The van der Waals surface area contributed by atoms with Crippen LogP contribution in [0.15, 0.2) is 12.1 Å². The maximum atomic E-state index is 11.7. The van der Waals surface area contributed by atoms with Crippen LogP contribution in [0.4, 0.5) is 0 Å². The Morgan fingerprint density at radius 3 is 2.85 bits per heavy atom. The van der Waals surface area contributed by atoms with E-state index in [1.165, 1.54) is 19.3 Å². The summed E-state index contributed by atoms with van der Waals surface area (Å²) < 4.78 is 0. The van der Waals surface area contributed by atoms with Gasteiger partial charge in [0, 0.05) is 11.3 Å². The van der Waals surface area contributed by atoms with Crippen molar-refractivity contribution in [2.75, 3.05) is 6.54 Å². The van der Waals surface area contributed by atoms with Crippen molar-refractivity contribution < 1.29 is 4.79 Å². The van der Waals surface area contributed by atoms with E-state index in [-0.39, 0.29) is 5.91 Å². The van der Waals surface area contributed by atoms with Gasteiger partial charge in [-0.3, -0.25) is 4.79 Å². The Labute approximate surface area is 126 Å². The van der Waals surface area contributed by atoms with Gasteiger partial charge in [-0.15, -0.1) is 11.3 Å². The lowest BCUT2D eigenvalue weighted by atomic mass is 10.1. The minimum atomic E-state index is 0.143. The molecule has 0 atom stereocenters. The van der Waals surface area contributed by atoms with E-state index in [0.29, 0.717) is 19.5 Å². The van der Waals surface area contributed by atoms with Crippen LogP contribution >= 0.6 is 11.3 Å².